The minimum absolute atomic E-state index is 0.151. The molecular weight excluding hydrogens is 306 g/mol. The van der Waals surface area contributed by atoms with Crippen molar-refractivity contribution in [3.05, 3.63) is 26.9 Å². The van der Waals surface area contributed by atoms with Crippen LogP contribution in [0.5, 0.6) is 0 Å². The van der Waals surface area contributed by atoms with Gasteiger partial charge in [0, 0.05) is 8.47 Å². The molecule has 0 amide bonds. The van der Waals surface area contributed by atoms with Crippen molar-refractivity contribution in [2.24, 2.45) is 0 Å². The quantitative estimate of drug-likeness (QED) is 0.553. The second-order valence-corrected chi connectivity index (χ2v) is 4.98. The lowest BCUT2D eigenvalue weighted by molar-refractivity contribution is 0.658. The van der Waals surface area contributed by atoms with Crippen LogP contribution in [-0.4, -0.2) is 0 Å². The molecule has 0 nitrogen and oxygen atoms in total. The number of thiol groups is 1. The average molecular weight is 310 g/mol. The smallest absolute Gasteiger partial charge is 0.177 e. The standard InChI is InChI=1S/C8H4FIS2/c9-6-3-4-1-2-5(10)7(11)8(4)12-6/h1-3,11H. The molecule has 0 radical (unpaired) electrons. The fourth-order valence-corrected chi connectivity index (χ4v) is 2.84. The maximum atomic E-state index is 12.8. The Bertz CT molecular complexity index is 436. The maximum Gasteiger partial charge on any atom is 0.177 e. The Morgan fingerprint density at radius 2 is 2.17 bits per heavy atom. The lowest BCUT2D eigenvalue weighted by Gasteiger charge is -1.96. The van der Waals surface area contributed by atoms with Gasteiger partial charge >= 0.3 is 0 Å². The monoisotopic (exact) mass is 310 g/mol. The molecule has 0 spiro atoms. The molecule has 0 fully saturated rings. The van der Waals surface area contributed by atoms with Crippen molar-refractivity contribution in [3.63, 3.8) is 0 Å². The number of hydrogen-bond donors (Lipinski definition) is 1. The molecule has 0 saturated carbocycles. The van der Waals surface area contributed by atoms with Crippen molar-refractivity contribution in [2.45, 2.75) is 4.90 Å². The van der Waals surface area contributed by atoms with Crippen LogP contribution < -0.4 is 0 Å². The first kappa shape index (κ1) is 8.77. The molecule has 1 aromatic carbocycles. The van der Waals surface area contributed by atoms with Crippen LogP contribution in [0.25, 0.3) is 10.1 Å². The molecule has 4 heteroatoms. The van der Waals surface area contributed by atoms with Crippen molar-refractivity contribution in [2.75, 3.05) is 0 Å². The van der Waals surface area contributed by atoms with Gasteiger partial charge in [0.15, 0.2) is 5.13 Å². The second-order valence-electron chi connectivity index (χ2n) is 2.36. The van der Waals surface area contributed by atoms with Crippen LogP contribution in [0, 0.1) is 8.70 Å². The SMILES string of the molecule is Fc1cc2ccc(I)c(S)c2s1. The van der Waals surface area contributed by atoms with Gasteiger partial charge in [0.05, 0.1) is 4.70 Å². The molecule has 0 aliphatic heterocycles. The van der Waals surface area contributed by atoms with Crippen molar-refractivity contribution < 1.29 is 4.39 Å². The summed E-state index contributed by atoms with van der Waals surface area (Å²) in [6.45, 7) is 0. The zero-order valence-corrected chi connectivity index (χ0v) is 9.71. The molecule has 1 aromatic heterocycles. The summed E-state index contributed by atoms with van der Waals surface area (Å²) in [6.07, 6.45) is 0. The Labute approximate surface area is 92.3 Å². The number of thiophene rings is 1. The summed E-state index contributed by atoms with van der Waals surface area (Å²) in [5, 5.41) is 0.783. The van der Waals surface area contributed by atoms with Gasteiger partial charge in [0.2, 0.25) is 0 Å². The van der Waals surface area contributed by atoms with Crippen molar-refractivity contribution in [1.29, 1.82) is 0 Å². The third-order valence-corrected chi connectivity index (χ3v) is 4.48. The average Bonchev–Trinajstić information content (AvgIpc) is 2.39. The molecule has 0 N–H and O–H groups in total. The first-order valence-electron chi connectivity index (χ1n) is 3.25. The zero-order valence-electron chi connectivity index (χ0n) is 5.84. The van der Waals surface area contributed by atoms with Crippen LogP contribution in [-0.2, 0) is 0 Å². The summed E-state index contributed by atoms with van der Waals surface area (Å²) in [7, 11) is 0. The van der Waals surface area contributed by atoms with Gasteiger partial charge in [0.25, 0.3) is 0 Å². The topological polar surface area (TPSA) is 0 Å². The number of fused-ring (bicyclic) bond motifs is 1. The Morgan fingerprint density at radius 1 is 1.42 bits per heavy atom. The Hall–Kier alpha value is 0.190. The molecule has 0 unspecified atom stereocenters. The highest BCUT2D eigenvalue weighted by Gasteiger charge is 2.06. The van der Waals surface area contributed by atoms with E-state index in [1.165, 1.54) is 6.07 Å². The van der Waals surface area contributed by atoms with Crippen LogP contribution in [0.3, 0.4) is 0 Å². The fourth-order valence-electron chi connectivity index (χ4n) is 1.03. The second kappa shape index (κ2) is 3.16. The molecule has 62 valence electrons. The summed E-state index contributed by atoms with van der Waals surface area (Å²) in [4.78, 5) is 0.877. The van der Waals surface area contributed by atoms with Crippen LogP contribution in [0.2, 0.25) is 0 Å². The van der Waals surface area contributed by atoms with Gasteiger partial charge < -0.3 is 0 Å². The molecular formula is C8H4FIS2. The highest BCUT2D eigenvalue weighted by Crippen LogP contribution is 2.32. The van der Waals surface area contributed by atoms with Gasteiger partial charge in [-0.15, -0.1) is 24.0 Å². The van der Waals surface area contributed by atoms with E-state index in [0.29, 0.717) is 0 Å². The largest absolute Gasteiger partial charge is 0.195 e. The van der Waals surface area contributed by atoms with Crippen molar-refractivity contribution in [3.8, 4) is 0 Å². The van der Waals surface area contributed by atoms with E-state index < -0.39 is 0 Å². The Kier molecular flexibility index (Phi) is 2.31. The summed E-state index contributed by atoms with van der Waals surface area (Å²) >= 11 is 7.65. The summed E-state index contributed by atoms with van der Waals surface area (Å²) in [5.41, 5.74) is 0. The normalized spacial score (nSPS) is 10.9. The lowest BCUT2D eigenvalue weighted by Crippen LogP contribution is -1.73. The molecule has 1 heterocycles. The van der Waals surface area contributed by atoms with Gasteiger partial charge in [-0.1, -0.05) is 6.07 Å². The Balaban J connectivity index is 2.89. The van der Waals surface area contributed by atoms with E-state index >= 15 is 0 Å². The summed E-state index contributed by atoms with van der Waals surface area (Å²) in [5.74, 6) is 0. The first-order valence-corrected chi connectivity index (χ1v) is 5.59. The van der Waals surface area contributed by atoms with Crippen molar-refractivity contribution >= 4 is 56.6 Å². The molecule has 0 atom stereocenters. The Morgan fingerprint density at radius 3 is 2.92 bits per heavy atom. The predicted octanol–water partition coefficient (Wildman–Crippen LogP) is 3.93. The zero-order chi connectivity index (χ0) is 8.72. The van der Waals surface area contributed by atoms with Gasteiger partial charge in [-0.2, -0.15) is 4.39 Å². The van der Waals surface area contributed by atoms with E-state index in [-0.39, 0.29) is 5.13 Å². The molecule has 2 aromatic rings. The van der Waals surface area contributed by atoms with Crippen molar-refractivity contribution in [1.82, 2.24) is 0 Å². The third-order valence-electron chi connectivity index (χ3n) is 1.58. The highest BCUT2D eigenvalue weighted by atomic mass is 127. The molecule has 12 heavy (non-hydrogen) atoms. The van der Waals surface area contributed by atoms with Crippen LogP contribution in [0.4, 0.5) is 4.39 Å². The van der Waals surface area contributed by atoms with Crippen LogP contribution in [0.15, 0.2) is 23.1 Å². The van der Waals surface area contributed by atoms with E-state index in [4.69, 9.17) is 0 Å². The minimum Gasteiger partial charge on any atom is -0.195 e. The van der Waals surface area contributed by atoms with Gasteiger partial charge in [0.1, 0.15) is 0 Å². The minimum atomic E-state index is -0.151. The van der Waals surface area contributed by atoms with E-state index in [0.717, 1.165) is 29.9 Å². The number of hydrogen-bond acceptors (Lipinski definition) is 2. The van der Waals surface area contributed by atoms with E-state index in [9.17, 15) is 4.39 Å². The van der Waals surface area contributed by atoms with Gasteiger partial charge in [-0.05, 0) is 40.1 Å². The highest BCUT2D eigenvalue weighted by molar-refractivity contribution is 14.1. The number of rotatable bonds is 0. The van der Waals surface area contributed by atoms with Crippen LogP contribution >= 0.6 is 46.6 Å². The van der Waals surface area contributed by atoms with E-state index in [2.05, 4.69) is 35.2 Å². The van der Waals surface area contributed by atoms with Gasteiger partial charge in [-0.3, -0.25) is 0 Å². The molecule has 0 aliphatic carbocycles. The predicted molar refractivity (Wildman–Crippen MR) is 61.8 cm³/mol. The summed E-state index contributed by atoms with van der Waals surface area (Å²) < 4.78 is 14.8. The maximum absolute atomic E-state index is 12.8. The third kappa shape index (κ3) is 1.36. The summed E-state index contributed by atoms with van der Waals surface area (Å²) in [6, 6.07) is 5.39. The molecule has 2 rings (SSSR count). The molecule has 0 aliphatic rings. The molecule has 0 saturated heterocycles. The van der Waals surface area contributed by atoms with Gasteiger partial charge in [-0.25, -0.2) is 0 Å². The van der Waals surface area contributed by atoms with E-state index in [1.54, 1.807) is 0 Å². The number of halogens is 2. The van der Waals surface area contributed by atoms with E-state index in [1.807, 2.05) is 12.1 Å². The number of benzene rings is 1. The lowest BCUT2D eigenvalue weighted by atomic mass is 10.3. The fraction of sp³-hybridized carbons (Fsp3) is 0. The molecule has 0 bridgehead atoms. The van der Waals surface area contributed by atoms with Crippen LogP contribution in [0.1, 0.15) is 0 Å². The first-order chi connectivity index (χ1) is 5.68.